The summed E-state index contributed by atoms with van der Waals surface area (Å²) in [5, 5.41) is 0. The van der Waals surface area contributed by atoms with Crippen LogP contribution in [-0.2, 0) is 11.3 Å². The van der Waals surface area contributed by atoms with Crippen molar-refractivity contribution in [2.24, 2.45) is 0 Å². The highest BCUT2D eigenvalue weighted by molar-refractivity contribution is 5.82. The van der Waals surface area contributed by atoms with Crippen molar-refractivity contribution in [3.63, 3.8) is 0 Å². The molecule has 3 nitrogen and oxygen atoms in total. The summed E-state index contributed by atoms with van der Waals surface area (Å²) in [7, 11) is 2.02. The van der Waals surface area contributed by atoms with Gasteiger partial charge in [0, 0.05) is 18.6 Å². The van der Waals surface area contributed by atoms with Crippen LogP contribution in [0.4, 0.5) is 0 Å². The molecule has 118 valence electrons. The van der Waals surface area contributed by atoms with E-state index < -0.39 is 0 Å². The van der Waals surface area contributed by atoms with E-state index in [-0.39, 0.29) is 24.0 Å². The first-order valence-electron chi connectivity index (χ1n) is 7.82. The molecule has 0 aliphatic heterocycles. The lowest BCUT2D eigenvalue weighted by Gasteiger charge is -2.36. The normalized spacial score (nSPS) is 13.0. The Hall–Kier alpha value is -1.35. The van der Waals surface area contributed by atoms with E-state index in [0.29, 0.717) is 0 Å². The first-order valence-corrected chi connectivity index (χ1v) is 7.82. The minimum absolute atomic E-state index is 0.116. The number of likely N-dealkylation sites (N-methyl/N-ethyl adjacent to an activating group) is 1. The van der Waals surface area contributed by atoms with Gasteiger partial charge in [-0.15, -0.1) is 0 Å². The van der Waals surface area contributed by atoms with Gasteiger partial charge in [-0.05, 0) is 59.7 Å². The third-order valence-corrected chi connectivity index (χ3v) is 4.07. The van der Waals surface area contributed by atoms with Crippen LogP contribution in [0.15, 0.2) is 24.3 Å². The van der Waals surface area contributed by atoms with Crippen LogP contribution in [0.5, 0.6) is 0 Å². The van der Waals surface area contributed by atoms with Crippen LogP contribution in [0, 0.1) is 6.92 Å². The van der Waals surface area contributed by atoms with Crippen LogP contribution in [0.1, 0.15) is 45.7 Å². The Balaban J connectivity index is 2.80. The van der Waals surface area contributed by atoms with Gasteiger partial charge in [-0.25, -0.2) is 0 Å². The third kappa shape index (κ3) is 4.57. The maximum Gasteiger partial charge on any atom is 0.240 e. The zero-order chi connectivity index (χ0) is 16.2. The summed E-state index contributed by atoms with van der Waals surface area (Å²) in [5.74, 6) is 0.205. The maximum absolute atomic E-state index is 12.7. The number of amides is 1. The minimum Gasteiger partial charge on any atom is -0.336 e. The molecular formula is C18H30N2O. The van der Waals surface area contributed by atoms with Gasteiger partial charge in [0.05, 0.1) is 6.04 Å². The molecule has 0 N–H and O–H groups in total. The molecule has 0 heterocycles. The van der Waals surface area contributed by atoms with E-state index in [1.165, 1.54) is 11.1 Å². The van der Waals surface area contributed by atoms with Gasteiger partial charge in [-0.3, -0.25) is 9.69 Å². The lowest BCUT2D eigenvalue weighted by Crippen LogP contribution is -2.50. The third-order valence-electron chi connectivity index (χ3n) is 4.07. The SMILES string of the molecule is Cc1ccccc1CN(C)C(C)C(=O)N(C(C)C)C(C)C. The Bertz CT molecular complexity index is 460. The molecule has 0 aliphatic rings. The maximum atomic E-state index is 12.7. The number of hydrogen-bond acceptors (Lipinski definition) is 2. The summed E-state index contributed by atoms with van der Waals surface area (Å²) in [6.45, 7) is 13.2. The molecule has 21 heavy (non-hydrogen) atoms. The van der Waals surface area contributed by atoms with E-state index in [1.807, 2.05) is 24.9 Å². The highest BCUT2D eigenvalue weighted by atomic mass is 16.2. The molecule has 0 bridgehead atoms. The summed E-state index contributed by atoms with van der Waals surface area (Å²) in [6, 6.07) is 8.69. The molecule has 0 aromatic heterocycles. The van der Waals surface area contributed by atoms with Gasteiger partial charge in [-0.1, -0.05) is 24.3 Å². The fourth-order valence-corrected chi connectivity index (χ4v) is 2.70. The van der Waals surface area contributed by atoms with Crippen molar-refractivity contribution < 1.29 is 4.79 Å². The number of benzene rings is 1. The number of aryl methyl sites for hydroxylation is 1. The van der Waals surface area contributed by atoms with Gasteiger partial charge < -0.3 is 4.90 Å². The smallest absolute Gasteiger partial charge is 0.240 e. The van der Waals surface area contributed by atoms with Crippen molar-refractivity contribution in [2.75, 3.05) is 7.05 Å². The van der Waals surface area contributed by atoms with Crippen LogP contribution in [0.25, 0.3) is 0 Å². The second-order valence-electron chi connectivity index (χ2n) is 6.45. The van der Waals surface area contributed by atoms with Crippen LogP contribution in [0.3, 0.4) is 0 Å². The molecule has 1 atom stereocenters. The Kier molecular flexibility index (Phi) is 6.41. The van der Waals surface area contributed by atoms with E-state index in [1.54, 1.807) is 0 Å². The van der Waals surface area contributed by atoms with E-state index >= 15 is 0 Å². The zero-order valence-electron chi connectivity index (χ0n) is 14.6. The van der Waals surface area contributed by atoms with Crippen molar-refractivity contribution in [3.8, 4) is 0 Å². The van der Waals surface area contributed by atoms with Crippen molar-refractivity contribution in [2.45, 2.75) is 66.2 Å². The molecule has 1 aromatic rings. The Morgan fingerprint density at radius 3 is 2.05 bits per heavy atom. The second-order valence-corrected chi connectivity index (χ2v) is 6.45. The zero-order valence-corrected chi connectivity index (χ0v) is 14.6. The van der Waals surface area contributed by atoms with Gasteiger partial charge in [-0.2, -0.15) is 0 Å². The Morgan fingerprint density at radius 2 is 1.57 bits per heavy atom. The standard InChI is InChI=1S/C18H30N2O/c1-13(2)20(14(3)4)18(21)16(6)19(7)12-17-11-9-8-10-15(17)5/h8-11,13-14,16H,12H2,1-7H3. The second kappa shape index (κ2) is 7.60. The van der Waals surface area contributed by atoms with Gasteiger partial charge in [0.1, 0.15) is 0 Å². The van der Waals surface area contributed by atoms with Gasteiger partial charge in [0.15, 0.2) is 0 Å². The average molecular weight is 290 g/mol. The molecule has 0 saturated heterocycles. The quantitative estimate of drug-likeness (QED) is 0.801. The first kappa shape index (κ1) is 17.7. The van der Waals surface area contributed by atoms with E-state index in [4.69, 9.17) is 0 Å². The summed E-state index contributed by atoms with van der Waals surface area (Å²) < 4.78 is 0. The summed E-state index contributed by atoms with van der Waals surface area (Å²) in [6.07, 6.45) is 0. The summed E-state index contributed by atoms with van der Waals surface area (Å²) in [4.78, 5) is 16.8. The molecule has 1 unspecified atom stereocenters. The van der Waals surface area contributed by atoms with Crippen LogP contribution >= 0.6 is 0 Å². The van der Waals surface area contributed by atoms with Gasteiger partial charge in [0.2, 0.25) is 5.91 Å². The highest BCUT2D eigenvalue weighted by Gasteiger charge is 2.27. The summed E-state index contributed by atoms with van der Waals surface area (Å²) >= 11 is 0. The molecule has 1 amide bonds. The number of nitrogens with zero attached hydrogens (tertiary/aromatic N) is 2. The molecule has 3 heteroatoms. The number of hydrogen-bond donors (Lipinski definition) is 0. The predicted octanol–water partition coefficient (Wildman–Crippen LogP) is 3.46. The van der Waals surface area contributed by atoms with E-state index in [2.05, 4.69) is 57.7 Å². The molecule has 0 spiro atoms. The van der Waals surface area contributed by atoms with Crippen LogP contribution < -0.4 is 0 Å². The van der Waals surface area contributed by atoms with Crippen molar-refractivity contribution in [1.29, 1.82) is 0 Å². The fraction of sp³-hybridized carbons (Fsp3) is 0.611. The van der Waals surface area contributed by atoms with E-state index in [9.17, 15) is 4.79 Å². The number of carbonyl (C=O) groups is 1. The fourth-order valence-electron chi connectivity index (χ4n) is 2.70. The van der Waals surface area contributed by atoms with Crippen molar-refractivity contribution in [1.82, 2.24) is 9.80 Å². The van der Waals surface area contributed by atoms with E-state index in [0.717, 1.165) is 6.54 Å². The lowest BCUT2D eigenvalue weighted by molar-refractivity contribution is -0.139. The molecule has 0 saturated carbocycles. The molecule has 1 aromatic carbocycles. The largest absolute Gasteiger partial charge is 0.336 e. The van der Waals surface area contributed by atoms with Gasteiger partial charge in [0.25, 0.3) is 0 Å². The average Bonchev–Trinajstić information content (AvgIpc) is 2.39. The summed E-state index contributed by atoms with van der Waals surface area (Å²) in [5.41, 5.74) is 2.55. The van der Waals surface area contributed by atoms with Gasteiger partial charge >= 0.3 is 0 Å². The predicted molar refractivity (Wildman–Crippen MR) is 89.2 cm³/mol. The minimum atomic E-state index is -0.116. The molecule has 0 radical (unpaired) electrons. The molecule has 0 aliphatic carbocycles. The Morgan fingerprint density at radius 1 is 1.05 bits per heavy atom. The molecule has 0 fully saturated rings. The molecular weight excluding hydrogens is 260 g/mol. The van der Waals surface area contributed by atoms with Crippen molar-refractivity contribution in [3.05, 3.63) is 35.4 Å². The van der Waals surface area contributed by atoms with Crippen LogP contribution in [-0.4, -0.2) is 40.9 Å². The van der Waals surface area contributed by atoms with Crippen molar-refractivity contribution >= 4 is 5.91 Å². The highest BCUT2D eigenvalue weighted by Crippen LogP contribution is 2.15. The Labute approximate surface area is 129 Å². The number of carbonyl (C=O) groups excluding carboxylic acids is 1. The van der Waals surface area contributed by atoms with Crippen LogP contribution in [0.2, 0.25) is 0 Å². The molecule has 1 rings (SSSR count). The first-order chi connectivity index (χ1) is 9.75. The monoisotopic (exact) mass is 290 g/mol. The lowest BCUT2D eigenvalue weighted by atomic mass is 10.1. The topological polar surface area (TPSA) is 23.6 Å². The number of rotatable bonds is 6.